The first-order chi connectivity index (χ1) is 10.1. The Morgan fingerprint density at radius 3 is 2.61 bits per heavy atom. The Labute approximate surface area is 156 Å². The Morgan fingerprint density at radius 1 is 1.39 bits per heavy atom. The van der Waals surface area contributed by atoms with E-state index in [0.717, 1.165) is 45.6 Å². The molecule has 0 aromatic carbocycles. The highest BCUT2D eigenvalue weighted by Crippen LogP contribution is 2.35. The lowest BCUT2D eigenvalue weighted by molar-refractivity contribution is 0.0795. The molecular formula is C14H22Cl2N4OS2. The number of thiophene rings is 1. The molecule has 2 aromatic rings. The summed E-state index contributed by atoms with van der Waals surface area (Å²) in [6.45, 7) is 7.60. The summed E-state index contributed by atoms with van der Waals surface area (Å²) in [5.74, 6) is 0.0996. The molecule has 1 aliphatic heterocycles. The van der Waals surface area contributed by atoms with E-state index in [-0.39, 0.29) is 36.8 Å². The zero-order valence-electron chi connectivity index (χ0n) is 13.2. The van der Waals surface area contributed by atoms with E-state index in [1.807, 2.05) is 11.0 Å². The third-order valence-corrected chi connectivity index (χ3v) is 6.04. The molecule has 3 rings (SSSR count). The van der Waals surface area contributed by atoms with Gasteiger partial charge in [-0.2, -0.15) is 0 Å². The molecule has 1 atom stereocenters. The van der Waals surface area contributed by atoms with Crippen LogP contribution in [-0.4, -0.2) is 48.0 Å². The predicted octanol–water partition coefficient (Wildman–Crippen LogP) is 3.22. The molecule has 23 heavy (non-hydrogen) atoms. The van der Waals surface area contributed by atoms with Gasteiger partial charge < -0.3 is 15.5 Å². The van der Waals surface area contributed by atoms with Crippen LogP contribution in [0.4, 0.5) is 5.13 Å². The molecule has 1 amide bonds. The second kappa shape index (κ2) is 8.48. The number of carbonyl (C=O) groups is 1. The molecule has 2 N–H and O–H groups in total. The van der Waals surface area contributed by atoms with Crippen LogP contribution in [-0.2, 0) is 0 Å². The SMILES string of the molecule is CCN(CC)c1nc2sc(C(=O)N3CC[C@@H](N)C3)cc2s1.Cl.Cl. The number of carbonyl (C=O) groups excluding carboxylic acids is 1. The summed E-state index contributed by atoms with van der Waals surface area (Å²) >= 11 is 3.16. The molecule has 0 radical (unpaired) electrons. The fraction of sp³-hybridized carbons (Fsp3) is 0.571. The summed E-state index contributed by atoms with van der Waals surface area (Å²) in [7, 11) is 0. The normalized spacial score (nSPS) is 17.0. The average Bonchev–Trinajstić information content (AvgIpc) is 3.13. The van der Waals surface area contributed by atoms with Gasteiger partial charge in [0.05, 0.1) is 9.58 Å². The Kier molecular flexibility index (Phi) is 7.54. The van der Waals surface area contributed by atoms with E-state index in [2.05, 4.69) is 23.7 Å². The van der Waals surface area contributed by atoms with Crippen LogP contribution in [0.3, 0.4) is 0 Å². The number of likely N-dealkylation sites (tertiary alicyclic amines) is 1. The average molecular weight is 397 g/mol. The fourth-order valence-corrected chi connectivity index (χ4v) is 4.89. The number of fused-ring (bicyclic) bond motifs is 1. The van der Waals surface area contributed by atoms with E-state index in [1.54, 1.807) is 11.3 Å². The molecule has 0 spiro atoms. The van der Waals surface area contributed by atoms with Crippen molar-refractivity contribution < 1.29 is 4.79 Å². The van der Waals surface area contributed by atoms with Crippen LogP contribution in [0.1, 0.15) is 29.9 Å². The van der Waals surface area contributed by atoms with Crippen LogP contribution >= 0.6 is 47.5 Å². The van der Waals surface area contributed by atoms with Crippen molar-refractivity contribution in [2.24, 2.45) is 5.73 Å². The van der Waals surface area contributed by atoms with E-state index in [9.17, 15) is 4.79 Å². The minimum Gasteiger partial charge on any atom is -0.349 e. The Morgan fingerprint density at radius 2 is 2.09 bits per heavy atom. The van der Waals surface area contributed by atoms with Crippen molar-refractivity contribution in [2.75, 3.05) is 31.1 Å². The number of thiazole rings is 1. The lowest BCUT2D eigenvalue weighted by Gasteiger charge is -2.16. The molecule has 1 saturated heterocycles. The van der Waals surface area contributed by atoms with Crippen molar-refractivity contribution >= 4 is 68.1 Å². The highest BCUT2D eigenvalue weighted by molar-refractivity contribution is 7.29. The fourth-order valence-electron chi connectivity index (χ4n) is 2.59. The van der Waals surface area contributed by atoms with Crippen molar-refractivity contribution in [3.8, 4) is 0 Å². The topological polar surface area (TPSA) is 62.5 Å². The molecule has 0 aliphatic carbocycles. The Balaban J connectivity index is 0.00000132. The largest absolute Gasteiger partial charge is 0.349 e. The lowest BCUT2D eigenvalue weighted by Crippen LogP contribution is -2.31. The van der Waals surface area contributed by atoms with Crippen molar-refractivity contribution in [1.82, 2.24) is 9.88 Å². The van der Waals surface area contributed by atoms with Crippen LogP contribution in [0, 0.1) is 0 Å². The number of nitrogens with two attached hydrogens (primary N) is 1. The molecule has 0 saturated carbocycles. The van der Waals surface area contributed by atoms with Gasteiger partial charge in [-0.15, -0.1) is 36.2 Å². The Bertz CT molecular complexity index is 625. The van der Waals surface area contributed by atoms with E-state index < -0.39 is 0 Å². The van der Waals surface area contributed by atoms with Gasteiger partial charge >= 0.3 is 0 Å². The number of halogens is 2. The van der Waals surface area contributed by atoms with Crippen molar-refractivity contribution in [3.63, 3.8) is 0 Å². The van der Waals surface area contributed by atoms with Gasteiger partial charge in [-0.1, -0.05) is 11.3 Å². The second-order valence-corrected chi connectivity index (χ2v) is 7.29. The van der Waals surface area contributed by atoms with Crippen molar-refractivity contribution in [3.05, 3.63) is 10.9 Å². The van der Waals surface area contributed by atoms with Gasteiger partial charge in [-0.25, -0.2) is 4.98 Å². The molecule has 1 fully saturated rings. The van der Waals surface area contributed by atoms with Gasteiger partial charge in [-0.05, 0) is 26.3 Å². The van der Waals surface area contributed by atoms with E-state index in [0.29, 0.717) is 6.54 Å². The highest BCUT2D eigenvalue weighted by Gasteiger charge is 2.26. The quantitative estimate of drug-likeness (QED) is 0.861. The summed E-state index contributed by atoms with van der Waals surface area (Å²) in [4.78, 5) is 22.9. The van der Waals surface area contributed by atoms with Gasteiger partial charge in [0.2, 0.25) is 0 Å². The number of amides is 1. The number of hydrogen-bond acceptors (Lipinski definition) is 6. The van der Waals surface area contributed by atoms with Gasteiger partial charge in [0.15, 0.2) is 5.13 Å². The smallest absolute Gasteiger partial charge is 0.264 e. The summed E-state index contributed by atoms with van der Waals surface area (Å²) in [6, 6.07) is 2.11. The maximum absolute atomic E-state index is 12.4. The van der Waals surface area contributed by atoms with Gasteiger partial charge in [0, 0.05) is 32.2 Å². The maximum atomic E-state index is 12.4. The van der Waals surface area contributed by atoms with Crippen LogP contribution < -0.4 is 10.6 Å². The maximum Gasteiger partial charge on any atom is 0.264 e. The second-order valence-electron chi connectivity index (χ2n) is 5.25. The third kappa shape index (κ3) is 4.09. The standard InChI is InChI=1S/C14H20N4OS2.2ClH/c1-3-17(4-2)14-16-12-10(21-14)7-11(20-12)13(19)18-6-5-9(15)8-18;;/h7,9H,3-6,8,15H2,1-2H3;2*1H/t9-;;/m1../s1. The first kappa shape index (κ1) is 20.4. The number of nitrogens with zero attached hydrogens (tertiary/aromatic N) is 3. The molecule has 1 aliphatic rings. The minimum atomic E-state index is 0. The number of rotatable bonds is 4. The van der Waals surface area contributed by atoms with Crippen LogP contribution in [0.25, 0.3) is 9.53 Å². The minimum absolute atomic E-state index is 0. The molecule has 0 unspecified atom stereocenters. The molecule has 3 heterocycles. The summed E-state index contributed by atoms with van der Waals surface area (Å²) in [5, 5.41) is 1.04. The van der Waals surface area contributed by atoms with E-state index in [1.165, 1.54) is 11.3 Å². The third-order valence-electron chi connectivity index (χ3n) is 3.83. The van der Waals surface area contributed by atoms with Gasteiger partial charge in [0.25, 0.3) is 5.91 Å². The van der Waals surface area contributed by atoms with Crippen molar-refractivity contribution in [2.45, 2.75) is 26.3 Å². The molecule has 2 aromatic heterocycles. The molecule has 5 nitrogen and oxygen atoms in total. The monoisotopic (exact) mass is 396 g/mol. The first-order valence-corrected chi connectivity index (χ1v) is 8.95. The highest BCUT2D eigenvalue weighted by atomic mass is 35.5. The summed E-state index contributed by atoms with van der Waals surface area (Å²) in [5.41, 5.74) is 5.87. The zero-order valence-corrected chi connectivity index (χ0v) is 16.4. The van der Waals surface area contributed by atoms with Crippen LogP contribution in [0.15, 0.2) is 6.07 Å². The summed E-state index contributed by atoms with van der Waals surface area (Å²) in [6.07, 6.45) is 0.899. The van der Waals surface area contributed by atoms with Gasteiger partial charge in [-0.3, -0.25) is 4.79 Å². The van der Waals surface area contributed by atoms with E-state index in [4.69, 9.17) is 5.73 Å². The number of hydrogen-bond donors (Lipinski definition) is 1. The summed E-state index contributed by atoms with van der Waals surface area (Å²) < 4.78 is 1.11. The lowest BCUT2D eigenvalue weighted by atomic mass is 10.3. The predicted molar refractivity (Wildman–Crippen MR) is 104 cm³/mol. The van der Waals surface area contributed by atoms with Gasteiger partial charge in [0.1, 0.15) is 4.83 Å². The Hall–Kier alpha value is -0.600. The van der Waals surface area contributed by atoms with E-state index >= 15 is 0 Å². The van der Waals surface area contributed by atoms with Crippen LogP contribution in [0.2, 0.25) is 0 Å². The zero-order chi connectivity index (χ0) is 15.0. The molecular weight excluding hydrogens is 375 g/mol. The van der Waals surface area contributed by atoms with Crippen molar-refractivity contribution in [1.29, 1.82) is 0 Å². The van der Waals surface area contributed by atoms with Crippen LogP contribution in [0.5, 0.6) is 0 Å². The molecule has 130 valence electrons. The molecule has 0 bridgehead atoms. The number of aromatic nitrogens is 1. The molecule has 9 heteroatoms. The number of anilines is 1. The first-order valence-electron chi connectivity index (χ1n) is 7.32.